The molecule has 0 aromatic carbocycles. The largest absolute Gasteiger partial charge is 0.330 e. The van der Waals surface area contributed by atoms with E-state index in [9.17, 15) is 0 Å². The highest BCUT2D eigenvalue weighted by Crippen LogP contribution is 2.37. The first-order valence-corrected chi connectivity index (χ1v) is 7.61. The van der Waals surface area contributed by atoms with Gasteiger partial charge in [-0.3, -0.25) is 4.90 Å². The zero-order chi connectivity index (χ0) is 12.3. The molecule has 2 fully saturated rings. The lowest BCUT2D eigenvalue weighted by Crippen LogP contribution is -2.50. The number of nitrogens with two attached hydrogens (primary N) is 1. The van der Waals surface area contributed by atoms with Gasteiger partial charge in [-0.05, 0) is 57.0 Å². The molecule has 2 atom stereocenters. The Hall–Kier alpha value is -0.0800. The van der Waals surface area contributed by atoms with E-state index in [0.717, 1.165) is 18.5 Å². The molecule has 0 aromatic rings. The molecule has 2 unspecified atom stereocenters. The molecular weight excluding hydrogens is 208 g/mol. The van der Waals surface area contributed by atoms with Gasteiger partial charge in [-0.1, -0.05) is 26.2 Å². The van der Waals surface area contributed by atoms with Gasteiger partial charge in [0, 0.05) is 12.6 Å². The lowest BCUT2D eigenvalue weighted by Gasteiger charge is -2.45. The topological polar surface area (TPSA) is 29.3 Å². The second kappa shape index (κ2) is 5.71. The van der Waals surface area contributed by atoms with Crippen LogP contribution in [0.4, 0.5) is 0 Å². The molecule has 17 heavy (non-hydrogen) atoms. The quantitative estimate of drug-likeness (QED) is 0.819. The molecule has 0 aromatic heterocycles. The third-order valence-corrected chi connectivity index (χ3v) is 5.39. The summed E-state index contributed by atoms with van der Waals surface area (Å²) in [4.78, 5) is 2.73. The highest BCUT2D eigenvalue weighted by Gasteiger charge is 2.35. The molecule has 2 heteroatoms. The van der Waals surface area contributed by atoms with E-state index in [-0.39, 0.29) is 0 Å². The van der Waals surface area contributed by atoms with Crippen LogP contribution in [0.2, 0.25) is 0 Å². The number of rotatable bonds is 3. The molecule has 100 valence electrons. The molecule has 2 N–H and O–H groups in total. The minimum Gasteiger partial charge on any atom is -0.330 e. The van der Waals surface area contributed by atoms with Gasteiger partial charge in [-0.15, -0.1) is 0 Å². The minimum absolute atomic E-state index is 0.448. The van der Waals surface area contributed by atoms with Crippen LogP contribution in [0.25, 0.3) is 0 Å². The molecule has 0 spiro atoms. The van der Waals surface area contributed by atoms with Gasteiger partial charge in [-0.25, -0.2) is 0 Å². The fourth-order valence-corrected chi connectivity index (χ4v) is 3.80. The van der Waals surface area contributed by atoms with E-state index in [1.165, 1.54) is 58.0 Å². The van der Waals surface area contributed by atoms with Crippen molar-refractivity contribution >= 4 is 0 Å². The fraction of sp³-hybridized carbons (Fsp3) is 1.00. The average molecular weight is 238 g/mol. The zero-order valence-electron chi connectivity index (χ0n) is 11.8. The van der Waals surface area contributed by atoms with Crippen molar-refractivity contribution in [2.45, 2.75) is 64.8 Å². The van der Waals surface area contributed by atoms with E-state index in [4.69, 9.17) is 5.73 Å². The smallest absolute Gasteiger partial charge is 0.00928 e. The SMILES string of the molecule is CC1CCCN(CC2(CN)CCCCC2)C1C. The third kappa shape index (κ3) is 3.03. The van der Waals surface area contributed by atoms with Gasteiger partial charge in [-0.2, -0.15) is 0 Å². The molecule has 1 saturated carbocycles. The summed E-state index contributed by atoms with van der Waals surface area (Å²) < 4.78 is 0. The van der Waals surface area contributed by atoms with Crippen molar-refractivity contribution in [3.63, 3.8) is 0 Å². The van der Waals surface area contributed by atoms with Crippen LogP contribution in [0.5, 0.6) is 0 Å². The lowest BCUT2D eigenvalue weighted by molar-refractivity contribution is 0.0440. The molecular formula is C15H30N2. The predicted octanol–water partition coefficient (Wildman–Crippen LogP) is 3.02. The molecule has 1 aliphatic carbocycles. The van der Waals surface area contributed by atoms with Gasteiger partial charge >= 0.3 is 0 Å². The van der Waals surface area contributed by atoms with Crippen LogP contribution in [-0.2, 0) is 0 Å². The van der Waals surface area contributed by atoms with Gasteiger partial charge in [0.05, 0.1) is 0 Å². The summed E-state index contributed by atoms with van der Waals surface area (Å²) >= 11 is 0. The summed E-state index contributed by atoms with van der Waals surface area (Å²) in [5.74, 6) is 0.863. The van der Waals surface area contributed by atoms with Crippen LogP contribution < -0.4 is 5.73 Å². The predicted molar refractivity (Wildman–Crippen MR) is 74.0 cm³/mol. The van der Waals surface area contributed by atoms with E-state index in [1.54, 1.807) is 0 Å². The maximum atomic E-state index is 6.11. The summed E-state index contributed by atoms with van der Waals surface area (Å²) in [6.07, 6.45) is 9.74. The summed E-state index contributed by atoms with van der Waals surface area (Å²) in [5.41, 5.74) is 6.56. The first kappa shape index (κ1) is 13.4. The first-order valence-electron chi connectivity index (χ1n) is 7.61. The second-order valence-electron chi connectivity index (χ2n) is 6.60. The van der Waals surface area contributed by atoms with E-state index in [0.29, 0.717) is 5.41 Å². The van der Waals surface area contributed by atoms with Crippen LogP contribution >= 0.6 is 0 Å². The number of nitrogens with zero attached hydrogens (tertiary/aromatic N) is 1. The Labute approximate surface area is 107 Å². The van der Waals surface area contributed by atoms with Crippen molar-refractivity contribution < 1.29 is 0 Å². The van der Waals surface area contributed by atoms with Gasteiger partial charge in [0.2, 0.25) is 0 Å². The van der Waals surface area contributed by atoms with Crippen LogP contribution in [-0.4, -0.2) is 30.6 Å². The molecule has 1 saturated heterocycles. The van der Waals surface area contributed by atoms with Crippen molar-refractivity contribution in [3.05, 3.63) is 0 Å². The Kier molecular flexibility index (Phi) is 4.48. The van der Waals surface area contributed by atoms with Crippen LogP contribution in [0.3, 0.4) is 0 Å². The van der Waals surface area contributed by atoms with Crippen molar-refractivity contribution in [1.29, 1.82) is 0 Å². The van der Waals surface area contributed by atoms with Gasteiger partial charge in [0.1, 0.15) is 0 Å². The van der Waals surface area contributed by atoms with Crippen molar-refractivity contribution in [1.82, 2.24) is 4.90 Å². The molecule has 2 nitrogen and oxygen atoms in total. The van der Waals surface area contributed by atoms with Gasteiger partial charge in [0.15, 0.2) is 0 Å². The third-order valence-electron chi connectivity index (χ3n) is 5.39. The number of likely N-dealkylation sites (tertiary alicyclic amines) is 1. The fourth-order valence-electron chi connectivity index (χ4n) is 3.80. The monoisotopic (exact) mass is 238 g/mol. The first-order chi connectivity index (χ1) is 8.17. The molecule has 2 aliphatic rings. The average Bonchev–Trinajstić information content (AvgIpc) is 2.36. The van der Waals surface area contributed by atoms with Crippen LogP contribution in [0.15, 0.2) is 0 Å². The zero-order valence-corrected chi connectivity index (χ0v) is 11.8. The highest BCUT2D eigenvalue weighted by molar-refractivity contribution is 4.90. The Morgan fingerprint density at radius 2 is 1.82 bits per heavy atom. The van der Waals surface area contributed by atoms with E-state index in [2.05, 4.69) is 18.7 Å². The van der Waals surface area contributed by atoms with E-state index >= 15 is 0 Å². The molecule has 2 rings (SSSR count). The summed E-state index contributed by atoms with van der Waals surface area (Å²) in [7, 11) is 0. The van der Waals surface area contributed by atoms with Crippen molar-refractivity contribution in [2.75, 3.05) is 19.6 Å². The van der Waals surface area contributed by atoms with E-state index < -0.39 is 0 Å². The highest BCUT2D eigenvalue weighted by atomic mass is 15.2. The molecule has 0 bridgehead atoms. The molecule has 1 aliphatic heterocycles. The number of piperidine rings is 1. The summed E-state index contributed by atoms with van der Waals surface area (Å²) in [6.45, 7) is 8.27. The Balaban J connectivity index is 1.97. The Morgan fingerprint density at radius 1 is 1.12 bits per heavy atom. The van der Waals surface area contributed by atoms with Gasteiger partial charge < -0.3 is 5.73 Å². The molecule has 1 heterocycles. The van der Waals surface area contributed by atoms with Crippen molar-refractivity contribution in [3.8, 4) is 0 Å². The summed E-state index contributed by atoms with van der Waals surface area (Å²) in [5, 5.41) is 0. The van der Waals surface area contributed by atoms with Crippen LogP contribution in [0, 0.1) is 11.3 Å². The molecule has 0 amide bonds. The molecule has 0 radical (unpaired) electrons. The second-order valence-corrected chi connectivity index (χ2v) is 6.60. The summed E-state index contributed by atoms with van der Waals surface area (Å²) in [6, 6.07) is 0.758. The van der Waals surface area contributed by atoms with E-state index in [1.807, 2.05) is 0 Å². The maximum absolute atomic E-state index is 6.11. The van der Waals surface area contributed by atoms with Crippen molar-refractivity contribution in [2.24, 2.45) is 17.1 Å². The Morgan fingerprint density at radius 3 is 2.47 bits per heavy atom. The normalized spacial score (nSPS) is 34.8. The minimum atomic E-state index is 0.448. The maximum Gasteiger partial charge on any atom is 0.00928 e. The Bertz CT molecular complexity index is 233. The van der Waals surface area contributed by atoms with Gasteiger partial charge in [0.25, 0.3) is 0 Å². The standard InChI is InChI=1S/C15H30N2/c1-13-7-6-10-17(14(13)2)12-15(11-16)8-4-3-5-9-15/h13-14H,3-12,16H2,1-2H3. The van der Waals surface area contributed by atoms with Crippen LogP contribution in [0.1, 0.15) is 58.8 Å². The number of hydrogen-bond donors (Lipinski definition) is 1. The number of hydrogen-bond acceptors (Lipinski definition) is 2. The lowest BCUT2D eigenvalue weighted by atomic mass is 9.73.